The molecule has 0 aliphatic heterocycles. The van der Waals surface area contributed by atoms with E-state index in [-0.39, 0.29) is 11.6 Å². The number of amides is 2. The number of hydrogen-bond acceptors (Lipinski definition) is 2. The summed E-state index contributed by atoms with van der Waals surface area (Å²) in [7, 11) is 0. The molecule has 0 aliphatic carbocycles. The molecule has 0 heterocycles. The Morgan fingerprint density at radius 2 is 2.05 bits per heavy atom. The number of urea groups is 1. The summed E-state index contributed by atoms with van der Waals surface area (Å²) in [5.41, 5.74) is 0.748. The number of rotatable bonds is 5. The van der Waals surface area contributed by atoms with Crippen LogP contribution >= 0.6 is 0 Å². The molecule has 0 saturated carbocycles. The van der Waals surface area contributed by atoms with Gasteiger partial charge in [-0.25, -0.2) is 14.0 Å². The monoisotopic (exact) mass is 282 g/mol. The van der Waals surface area contributed by atoms with E-state index in [4.69, 9.17) is 5.11 Å². The molecular formula is C14H19FN2O3. The summed E-state index contributed by atoms with van der Waals surface area (Å²) in [6.07, 6.45) is 0.621. The molecule has 0 fully saturated rings. The average molecular weight is 282 g/mol. The molecular weight excluding hydrogens is 263 g/mol. The Labute approximate surface area is 117 Å². The van der Waals surface area contributed by atoms with Crippen molar-refractivity contribution in [3.63, 3.8) is 0 Å². The van der Waals surface area contributed by atoms with Gasteiger partial charge in [0.15, 0.2) is 0 Å². The SMILES string of the molecule is CCC(C)[C@H](NC(=O)Nc1ccc(C)c(F)c1)C(=O)O. The highest BCUT2D eigenvalue weighted by Crippen LogP contribution is 2.14. The molecule has 2 atom stereocenters. The van der Waals surface area contributed by atoms with Crippen molar-refractivity contribution in [3.8, 4) is 0 Å². The van der Waals surface area contributed by atoms with Gasteiger partial charge in [-0.3, -0.25) is 0 Å². The van der Waals surface area contributed by atoms with E-state index in [0.717, 1.165) is 0 Å². The number of anilines is 1. The highest BCUT2D eigenvalue weighted by molar-refractivity contribution is 5.92. The average Bonchev–Trinajstić information content (AvgIpc) is 2.39. The van der Waals surface area contributed by atoms with E-state index in [1.54, 1.807) is 19.9 Å². The minimum absolute atomic E-state index is 0.201. The second-order valence-corrected chi connectivity index (χ2v) is 4.76. The van der Waals surface area contributed by atoms with Gasteiger partial charge in [0.2, 0.25) is 0 Å². The summed E-state index contributed by atoms with van der Waals surface area (Å²) >= 11 is 0. The molecule has 1 aromatic carbocycles. The van der Waals surface area contributed by atoms with Crippen molar-refractivity contribution in [2.45, 2.75) is 33.2 Å². The van der Waals surface area contributed by atoms with Crippen LogP contribution in [-0.2, 0) is 4.79 Å². The smallest absolute Gasteiger partial charge is 0.326 e. The summed E-state index contributed by atoms with van der Waals surface area (Å²) in [5, 5.41) is 13.9. The molecule has 0 aliphatic rings. The van der Waals surface area contributed by atoms with Gasteiger partial charge < -0.3 is 15.7 Å². The predicted molar refractivity (Wildman–Crippen MR) is 74.2 cm³/mol. The summed E-state index contributed by atoms with van der Waals surface area (Å²) in [5.74, 6) is -1.72. The number of halogens is 1. The number of carbonyl (C=O) groups is 2. The van der Waals surface area contributed by atoms with Crippen molar-refractivity contribution in [1.82, 2.24) is 5.32 Å². The second-order valence-electron chi connectivity index (χ2n) is 4.76. The maximum Gasteiger partial charge on any atom is 0.326 e. The van der Waals surface area contributed by atoms with Crippen molar-refractivity contribution in [3.05, 3.63) is 29.6 Å². The predicted octanol–water partition coefficient (Wildman–Crippen LogP) is 2.75. The van der Waals surface area contributed by atoms with Crippen LogP contribution in [-0.4, -0.2) is 23.1 Å². The number of nitrogens with one attached hydrogen (secondary N) is 2. The molecule has 1 aromatic rings. The zero-order valence-corrected chi connectivity index (χ0v) is 11.7. The lowest BCUT2D eigenvalue weighted by atomic mass is 9.99. The molecule has 0 bridgehead atoms. The van der Waals surface area contributed by atoms with E-state index < -0.39 is 23.9 Å². The normalized spacial score (nSPS) is 13.4. The molecule has 3 N–H and O–H groups in total. The quantitative estimate of drug-likeness (QED) is 0.777. The number of carbonyl (C=O) groups excluding carboxylic acids is 1. The van der Waals surface area contributed by atoms with E-state index in [0.29, 0.717) is 12.0 Å². The van der Waals surface area contributed by atoms with Gasteiger partial charge in [0.25, 0.3) is 0 Å². The lowest BCUT2D eigenvalue weighted by Crippen LogP contribution is -2.46. The van der Waals surface area contributed by atoms with E-state index in [2.05, 4.69) is 10.6 Å². The number of hydrogen-bond donors (Lipinski definition) is 3. The number of aliphatic carboxylic acids is 1. The summed E-state index contributed by atoms with van der Waals surface area (Å²) in [4.78, 5) is 22.8. The minimum atomic E-state index is -1.09. The van der Waals surface area contributed by atoms with Crippen LogP contribution in [0.1, 0.15) is 25.8 Å². The van der Waals surface area contributed by atoms with Crippen LogP contribution < -0.4 is 10.6 Å². The summed E-state index contributed by atoms with van der Waals surface area (Å²) in [6.45, 7) is 5.20. The summed E-state index contributed by atoms with van der Waals surface area (Å²) < 4.78 is 13.3. The Balaban J connectivity index is 2.70. The number of carboxylic acids is 1. The molecule has 5 nitrogen and oxygen atoms in total. The van der Waals surface area contributed by atoms with E-state index >= 15 is 0 Å². The van der Waals surface area contributed by atoms with Gasteiger partial charge in [0.05, 0.1) is 0 Å². The fourth-order valence-electron chi connectivity index (χ4n) is 1.66. The number of carboxylic acid groups (broad SMARTS) is 1. The zero-order valence-electron chi connectivity index (χ0n) is 11.7. The fraction of sp³-hybridized carbons (Fsp3) is 0.429. The molecule has 0 spiro atoms. The lowest BCUT2D eigenvalue weighted by Gasteiger charge is -2.20. The molecule has 6 heteroatoms. The first kappa shape index (κ1) is 15.9. The lowest BCUT2D eigenvalue weighted by molar-refractivity contribution is -0.140. The van der Waals surface area contributed by atoms with Crippen LogP contribution in [0.2, 0.25) is 0 Å². The third-order valence-electron chi connectivity index (χ3n) is 3.20. The Hall–Kier alpha value is -2.11. The van der Waals surface area contributed by atoms with Crippen molar-refractivity contribution in [2.75, 3.05) is 5.32 Å². The van der Waals surface area contributed by atoms with Gasteiger partial charge >= 0.3 is 12.0 Å². The van der Waals surface area contributed by atoms with Gasteiger partial charge in [-0.1, -0.05) is 26.3 Å². The maximum absolute atomic E-state index is 13.3. The van der Waals surface area contributed by atoms with Crippen molar-refractivity contribution < 1.29 is 19.1 Å². The zero-order chi connectivity index (χ0) is 15.3. The van der Waals surface area contributed by atoms with E-state index in [1.165, 1.54) is 12.1 Å². The molecule has 0 radical (unpaired) electrons. The van der Waals surface area contributed by atoms with E-state index in [1.807, 2.05) is 6.92 Å². The van der Waals surface area contributed by atoms with Crippen molar-refractivity contribution in [1.29, 1.82) is 0 Å². The standard InChI is InChI=1S/C14H19FN2O3/c1-4-8(2)12(13(18)19)17-14(20)16-10-6-5-9(3)11(15)7-10/h5-8,12H,4H2,1-3H3,(H,18,19)(H2,16,17,20)/t8?,12-/m0/s1. The Morgan fingerprint density at radius 3 is 2.55 bits per heavy atom. The summed E-state index contributed by atoms with van der Waals surface area (Å²) in [6, 6.07) is 2.63. The largest absolute Gasteiger partial charge is 0.480 e. The molecule has 0 aromatic heterocycles. The molecule has 0 saturated heterocycles. The van der Waals surface area contributed by atoms with Crippen LogP contribution in [0.15, 0.2) is 18.2 Å². The van der Waals surface area contributed by atoms with Crippen LogP contribution in [0.25, 0.3) is 0 Å². The number of benzene rings is 1. The third kappa shape index (κ3) is 4.22. The Kier molecular flexibility index (Phi) is 5.49. The van der Waals surface area contributed by atoms with Crippen LogP contribution in [0, 0.1) is 18.7 Å². The highest BCUT2D eigenvalue weighted by atomic mass is 19.1. The molecule has 110 valence electrons. The first-order valence-corrected chi connectivity index (χ1v) is 6.41. The van der Waals surface area contributed by atoms with Gasteiger partial charge in [-0.15, -0.1) is 0 Å². The van der Waals surface area contributed by atoms with Gasteiger partial charge in [-0.05, 0) is 30.5 Å². The fourth-order valence-corrected chi connectivity index (χ4v) is 1.66. The van der Waals surface area contributed by atoms with Crippen LogP contribution in [0.3, 0.4) is 0 Å². The Morgan fingerprint density at radius 1 is 1.40 bits per heavy atom. The molecule has 2 amide bonds. The third-order valence-corrected chi connectivity index (χ3v) is 3.20. The highest BCUT2D eigenvalue weighted by Gasteiger charge is 2.25. The maximum atomic E-state index is 13.3. The first-order chi connectivity index (χ1) is 9.35. The molecule has 1 unspecified atom stereocenters. The van der Waals surface area contributed by atoms with Gasteiger partial charge in [-0.2, -0.15) is 0 Å². The van der Waals surface area contributed by atoms with Crippen molar-refractivity contribution >= 4 is 17.7 Å². The molecule has 1 rings (SSSR count). The minimum Gasteiger partial charge on any atom is -0.480 e. The second kappa shape index (κ2) is 6.88. The van der Waals surface area contributed by atoms with Crippen molar-refractivity contribution in [2.24, 2.45) is 5.92 Å². The van der Waals surface area contributed by atoms with Crippen LogP contribution in [0.4, 0.5) is 14.9 Å². The first-order valence-electron chi connectivity index (χ1n) is 6.41. The van der Waals surface area contributed by atoms with Gasteiger partial charge in [0, 0.05) is 5.69 Å². The van der Waals surface area contributed by atoms with Gasteiger partial charge in [0.1, 0.15) is 11.9 Å². The van der Waals surface area contributed by atoms with Crippen LogP contribution in [0.5, 0.6) is 0 Å². The van der Waals surface area contributed by atoms with E-state index in [9.17, 15) is 14.0 Å². The molecule has 20 heavy (non-hydrogen) atoms. The number of aryl methyl sites for hydroxylation is 1. The topological polar surface area (TPSA) is 78.4 Å². The Bertz CT molecular complexity index is 505.